The first-order chi connectivity index (χ1) is 14.1. The summed E-state index contributed by atoms with van der Waals surface area (Å²) in [7, 11) is -1.37. The van der Waals surface area contributed by atoms with Crippen LogP contribution in [0.4, 0.5) is 11.4 Å². The molecule has 0 saturated carbocycles. The number of ether oxygens (including phenoxy) is 2. The normalized spacial score (nSPS) is 13.3. The molecule has 0 aliphatic carbocycles. The fourth-order valence-electron chi connectivity index (χ4n) is 2.84. The second-order valence-electron chi connectivity index (χ2n) is 6.63. The second-order valence-corrected chi connectivity index (χ2v) is 9.05. The standard InChI is InChI=1S/C19H20ClN3O6S/c1-11-4-5-15(28-3)13(6-11)21-18(24)9-23(2)30(26,27)17-8-16-14(7-12(17)20)22-19(25)10-29-16/h4-8H,9-10H2,1-3H3,(H,21,24)(H,22,25). The van der Waals surface area contributed by atoms with Gasteiger partial charge in [-0.25, -0.2) is 8.42 Å². The smallest absolute Gasteiger partial charge is 0.262 e. The molecule has 2 aromatic rings. The summed E-state index contributed by atoms with van der Waals surface area (Å²) >= 11 is 6.13. The maximum Gasteiger partial charge on any atom is 0.262 e. The van der Waals surface area contributed by atoms with Crippen LogP contribution in [0, 0.1) is 6.92 Å². The summed E-state index contributed by atoms with van der Waals surface area (Å²) in [4.78, 5) is 23.6. The van der Waals surface area contributed by atoms with E-state index in [1.807, 2.05) is 13.0 Å². The molecular weight excluding hydrogens is 434 g/mol. The molecule has 9 nitrogen and oxygen atoms in total. The molecular formula is C19H20ClN3O6S. The van der Waals surface area contributed by atoms with Gasteiger partial charge in [0, 0.05) is 13.1 Å². The summed E-state index contributed by atoms with van der Waals surface area (Å²) in [5, 5.41) is 5.10. The van der Waals surface area contributed by atoms with Crippen molar-refractivity contribution in [2.45, 2.75) is 11.8 Å². The Labute approximate surface area is 179 Å². The first kappa shape index (κ1) is 21.9. The predicted octanol–water partition coefficient (Wildman–Crippen LogP) is 2.25. The Morgan fingerprint density at radius 1 is 1.33 bits per heavy atom. The molecule has 2 amide bonds. The van der Waals surface area contributed by atoms with Crippen LogP contribution in [0.1, 0.15) is 5.56 Å². The van der Waals surface area contributed by atoms with Crippen molar-refractivity contribution in [1.82, 2.24) is 4.31 Å². The largest absolute Gasteiger partial charge is 0.495 e. The molecule has 0 aromatic heterocycles. The number of nitrogens with one attached hydrogen (secondary N) is 2. The van der Waals surface area contributed by atoms with E-state index in [1.165, 1.54) is 26.3 Å². The van der Waals surface area contributed by atoms with Gasteiger partial charge in [0.1, 0.15) is 16.4 Å². The third-order valence-corrected chi connectivity index (χ3v) is 6.62. The van der Waals surface area contributed by atoms with Gasteiger partial charge in [0.05, 0.1) is 30.1 Å². The number of rotatable bonds is 6. The van der Waals surface area contributed by atoms with Crippen molar-refractivity contribution >= 4 is 44.8 Å². The van der Waals surface area contributed by atoms with Gasteiger partial charge in [-0.15, -0.1) is 0 Å². The van der Waals surface area contributed by atoms with Crippen molar-refractivity contribution in [2.75, 3.05) is 37.9 Å². The fraction of sp³-hybridized carbons (Fsp3) is 0.263. The molecule has 3 rings (SSSR count). The topological polar surface area (TPSA) is 114 Å². The highest BCUT2D eigenvalue weighted by molar-refractivity contribution is 7.89. The van der Waals surface area contributed by atoms with Gasteiger partial charge in [-0.1, -0.05) is 17.7 Å². The number of fused-ring (bicyclic) bond motifs is 1. The number of amides is 2. The number of benzene rings is 2. The number of sulfonamides is 1. The number of likely N-dealkylation sites (N-methyl/N-ethyl adjacent to an activating group) is 1. The summed E-state index contributed by atoms with van der Waals surface area (Å²) in [5.41, 5.74) is 1.62. The molecule has 0 radical (unpaired) electrons. The van der Waals surface area contributed by atoms with Gasteiger partial charge in [0.25, 0.3) is 5.91 Å². The molecule has 0 atom stereocenters. The highest BCUT2D eigenvalue weighted by Crippen LogP contribution is 2.36. The summed E-state index contributed by atoms with van der Waals surface area (Å²) < 4.78 is 37.3. The Bertz CT molecular complexity index is 1120. The SMILES string of the molecule is COc1ccc(C)cc1NC(=O)CN(C)S(=O)(=O)c1cc2c(cc1Cl)NC(=O)CO2. The van der Waals surface area contributed by atoms with Crippen molar-refractivity contribution in [3.63, 3.8) is 0 Å². The zero-order chi connectivity index (χ0) is 22.1. The summed E-state index contributed by atoms with van der Waals surface area (Å²) in [6, 6.07) is 7.78. The lowest BCUT2D eigenvalue weighted by molar-refractivity contribution is -0.118. The van der Waals surface area contributed by atoms with Crippen molar-refractivity contribution in [3.8, 4) is 11.5 Å². The van der Waals surface area contributed by atoms with Gasteiger partial charge in [0.2, 0.25) is 15.9 Å². The summed E-state index contributed by atoms with van der Waals surface area (Å²) in [6.07, 6.45) is 0. The maximum absolute atomic E-state index is 13.0. The number of nitrogens with zero attached hydrogens (tertiary/aromatic N) is 1. The average molecular weight is 454 g/mol. The van der Waals surface area contributed by atoms with Crippen LogP contribution in [-0.2, 0) is 19.6 Å². The van der Waals surface area contributed by atoms with Crippen molar-refractivity contribution in [1.29, 1.82) is 0 Å². The maximum atomic E-state index is 13.0. The van der Waals surface area contributed by atoms with Gasteiger partial charge >= 0.3 is 0 Å². The lowest BCUT2D eigenvalue weighted by Crippen LogP contribution is -2.35. The number of methoxy groups -OCH3 is 1. The Kier molecular flexibility index (Phi) is 6.20. The van der Waals surface area contributed by atoms with Crippen LogP contribution >= 0.6 is 11.6 Å². The van der Waals surface area contributed by atoms with Crippen LogP contribution in [0.3, 0.4) is 0 Å². The molecule has 0 spiro atoms. The Morgan fingerprint density at radius 3 is 2.77 bits per heavy atom. The van der Waals surface area contributed by atoms with Crippen LogP contribution in [-0.4, -0.2) is 51.8 Å². The highest BCUT2D eigenvalue weighted by atomic mass is 35.5. The van der Waals surface area contributed by atoms with Gasteiger partial charge in [-0.3, -0.25) is 9.59 Å². The van der Waals surface area contributed by atoms with Crippen molar-refractivity contribution in [2.24, 2.45) is 0 Å². The molecule has 0 bridgehead atoms. The van der Waals surface area contributed by atoms with Gasteiger partial charge in [0.15, 0.2) is 6.61 Å². The molecule has 1 aliphatic rings. The quantitative estimate of drug-likeness (QED) is 0.693. The predicted molar refractivity (Wildman–Crippen MR) is 112 cm³/mol. The van der Waals surface area contributed by atoms with Crippen molar-refractivity contribution in [3.05, 3.63) is 40.9 Å². The number of hydrogen-bond donors (Lipinski definition) is 2. The molecule has 160 valence electrons. The van der Waals surface area contributed by atoms with E-state index < -0.39 is 22.5 Å². The van der Waals surface area contributed by atoms with E-state index in [9.17, 15) is 18.0 Å². The average Bonchev–Trinajstić information content (AvgIpc) is 2.67. The number of carbonyl (C=O) groups excluding carboxylic acids is 2. The van der Waals surface area contributed by atoms with E-state index >= 15 is 0 Å². The summed E-state index contributed by atoms with van der Waals surface area (Å²) in [5.74, 6) is -0.284. The van der Waals surface area contributed by atoms with Crippen LogP contribution in [0.15, 0.2) is 35.2 Å². The number of anilines is 2. The first-order valence-electron chi connectivity index (χ1n) is 8.79. The number of carbonyl (C=O) groups is 2. The number of halogens is 1. The molecule has 2 N–H and O–H groups in total. The molecule has 1 aliphatic heterocycles. The third-order valence-electron chi connectivity index (χ3n) is 4.35. The van der Waals surface area contributed by atoms with Gasteiger partial charge in [-0.05, 0) is 30.7 Å². The second kappa shape index (κ2) is 8.50. The minimum atomic E-state index is -4.11. The van der Waals surface area contributed by atoms with E-state index in [2.05, 4.69) is 10.6 Å². The van der Waals surface area contributed by atoms with Crippen LogP contribution in [0.2, 0.25) is 5.02 Å². The number of hydrogen-bond acceptors (Lipinski definition) is 6. The van der Waals surface area contributed by atoms with E-state index in [1.54, 1.807) is 12.1 Å². The lowest BCUT2D eigenvalue weighted by Gasteiger charge is -2.22. The Hall–Kier alpha value is -2.82. The third kappa shape index (κ3) is 4.50. The lowest BCUT2D eigenvalue weighted by atomic mass is 10.2. The minimum Gasteiger partial charge on any atom is -0.495 e. The molecule has 11 heteroatoms. The molecule has 0 unspecified atom stereocenters. The van der Waals surface area contributed by atoms with E-state index in [4.69, 9.17) is 21.1 Å². The van der Waals surface area contributed by atoms with Crippen molar-refractivity contribution < 1.29 is 27.5 Å². The van der Waals surface area contributed by atoms with E-state index in [0.717, 1.165) is 9.87 Å². The van der Waals surface area contributed by atoms with E-state index in [0.29, 0.717) is 11.4 Å². The monoisotopic (exact) mass is 453 g/mol. The van der Waals surface area contributed by atoms with E-state index in [-0.39, 0.29) is 33.9 Å². The first-order valence-corrected chi connectivity index (χ1v) is 10.6. The zero-order valence-electron chi connectivity index (χ0n) is 16.5. The molecule has 30 heavy (non-hydrogen) atoms. The van der Waals surface area contributed by atoms with Gasteiger partial charge < -0.3 is 20.1 Å². The summed E-state index contributed by atoms with van der Waals surface area (Å²) in [6.45, 7) is 1.17. The molecule has 0 saturated heterocycles. The van der Waals surface area contributed by atoms with Crippen LogP contribution < -0.4 is 20.1 Å². The van der Waals surface area contributed by atoms with Crippen LogP contribution in [0.5, 0.6) is 11.5 Å². The van der Waals surface area contributed by atoms with Crippen LogP contribution in [0.25, 0.3) is 0 Å². The molecule has 0 fully saturated rings. The molecule has 1 heterocycles. The fourth-order valence-corrected chi connectivity index (χ4v) is 4.48. The Balaban J connectivity index is 1.79. The number of aryl methyl sites for hydroxylation is 1. The zero-order valence-corrected chi connectivity index (χ0v) is 18.1. The highest BCUT2D eigenvalue weighted by Gasteiger charge is 2.29. The van der Waals surface area contributed by atoms with Gasteiger partial charge in [-0.2, -0.15) is 4.31 Å². The minimum absolute atomic E-state index is 0.104. The Morgan fingerprint density at radius 2 is 2.07 bits per heavy atom. The molecule has 2 aromatic carbocycles.